The lowest BCUT2D eigenvalue weighted by molar-refractivity contribution is -0.130. The molecule has 0 aliphatic carbocycles. The lowest BCUT2D eigenvalue weighted by Crippen LogP contribution is -2.42. The van der Waals surface area contributed by atoms with Gasteiger partial charge in [-0.1, -0.05) is 0 Å². The molecular formula is C12H21N3O3. The number of rotatable bonds is 4. The van der Waals surface area contributed by atoms with Crippen molar-refractivity contribution >= 4 is 11.8 Å². The summed E-state index contributed by atoms with van der Waals surface area (Å²) < 4.78 is 5.14. The number of hydrogen-bond acceptors (Lipinski definition) is 4. The van der Waals surface area contributed by atoms with Crippen LogP contribution in [0.15, 0.2) is 0 Å². The third-order valence-corrected chi connectivity index (χ3v) is 3.56. The summed E-state index contributed by atoms with van der Waals surface area (Å²) in [7, 11) is 0. The Labute approximate surface area is 107 Å². The Bertz CT molecular complexity index is 316. The minimum Gasteiger partial charge on any atom is -0.379 e. The average molecular weight is 255 g/mol. The molecule has 3 N–H and O–H groups in total. The predicted octanol–water partition coefficient (Wildman–Crippen LogP) is -0.911. The first-order valence-electron chi connectivity index (χ1n) is 6.57. The number of ether oxygens (including phenoxy) is 1. The Kier molecular flexibility index (Phi) is 4.54. The van der Waals surface area contributed by atoms with Gasteiger partial charge in [-0.25, -0.2) is 0 Å². The molecule has 2 saturated heterocycles. The van der Waals surface area contributed by atoms with Gasteiger partial charge in [0.1, 0.15) is 0 Å². The van der Waals surface area contributed by atoms with E-state index in [9.17, 15) is 9.59 Å². The number of carbonyl (C=O) groups is 2. The van der Waals surface area contributed by atoms with E-state index in [1.54, 1.807) is 0 Å². The molecule has 18 heavy (non-hydrogen) atoms. The maximum atomic E-state index is 11.8. The fourth-order valence-corrected chi connectivity index (χ4v) is 2.39. The van der Waals surface area contributed by atoms with Crippen molar-refractivity contribution in [2.24, 2.45) is 11.7 Å². The Morgan fingerprint density at radius 1 is 1.28 bits per heavy atom. The Morgan fingerprint density at radius 2 is 2.00 bits per heavy atom. The zero-order valence-electron chi connectivity index (χ0n) is 10.6. The van der Waals surface area contributed by atoms with Crippen LogP contribution in [-0.4, -0.2) is 55.6 Å². The summed E-state index contributed by atoms with van der Waals surface area (Å²) in [5.41, 5.74) is 5.75. The molecule has 6 nitrogen and oxygen atoms in total. The van der Waals surface area contributed by atoms with Crippen molar-refractivity contribution in [3.05, 3.63) is 0 Å². The minimum atomic E-state index is -0.271. The van der Waals surface area contributed by atoms with Crippen LogP contribution in [0.25, 0.3) is 0 Å². The van der Waals surface area contributed by atoms with E-state index in [-0.39, 0.29) is 23.8 Å². The van der Waals surface area contributed by atoms with Crippen LogP contribution >= 0.6 is 0 Å². The second-order valence-corrected chi connectivity index (χ2v) is 4.94. The maximum Gasteiger partial charge on any atom is 0.227 e. The zero-order valence-corrected chi connectivity index (χ0v) is 10.6. The molecule has 0 aromatic heterocycles. The van der Waals surface area contributed by atoms with Crippen molar-refractivity contribution in [3.63, 3.8) is 0 Å². The van der Waals surface area contributed by atoms with E-state index in [4.69, 9.17) is 10.5 Å². The highest BCUT2D eigenvalue weighted by molar-refractivity contribution is 5.81. The molecule has 2 heterocycles. The SMILES string of the molecule is NC1COCC1C(=O)NCCC(=O)N1CCCC1. The van der Waals surface area contributed by atoms with Gasteiger partial charge < -0.3 is 20.7 Å². The van der Waals surface area contributed by atoms with Gasteiger partial charge in [-0.2, -0.15) is 0 Å². The molecule has 0 saturated carbocycles. The molecule has 0 spiro atoms. The molecule has 2 rings (SSSR count). The molecule has 2 fully saturated rings. The molecule has 0 aromatic rings. The van der Waals surface area contributed by atoms with Crippen LogP contribution in [0.5, 0.6) is 0 Å². The average Bonchev–Trinajstić information content (AvgIpc) is 2.99. The first-order valence-corrected chi connectivity index (χ1v) is 6.57. The Morgan fingerprint density at radius 3 is 2.61 bits per heavy atom. The number of nitrogens with one attached hydrogen (secondary N) is 1. The summed E-state index contributed by atoms with van der Waals surface area (Å²) in [6.45, 7) is 2.91. The third kappa shape index (κ3) is 3.20. The molecule has 2 aliphatic rings. The number of likely N-dealkylation sites (tertiary alicyclic amines) is 1. The highest BCUT2D eigenvalue weighted by atomic mass is 16.5. The minimum absolute atomic E-state index is 0.103. The van der Waals surface area contributed by atoms with Gasteiger partial charge >= 0.3 is 0 Å². The Balaban J connectivity index is 1.65. The van der Waals surface area contributed by atoms with Crippen molar-refractivity contribution in [1.82, 2.24) is 10.2 Å². The number of nitrogens with zero attached hydrogens (tertiary/aromatic N) is 1. The lowest BCUT2D eigenvalue weighted by atomic mass is 10.0. The molecule has 0 bridgehead atoms. The second-order valence-electron chi connectivity index (χ2n) is 4.94. The van der Waals surface area contributed by atoms with E-state index in [0.29, 0.717) is 26.2 Å². The largest absolute Gasteiger partial charge is 0.379 e. The van der Waals surface area contributed by atoms with Crippen LogP contribution < -0.4 is 11.1 Å². The first kappa shape index (κ1) is 13.3. The molecule has 2 aliphatic heterocycles. The van der Waals surface area contributed by atoms with E-state index < -0.39 is 0 Å². The summed E-state index contributed by atoms with van der Waals surface area (Å²) in [5, 5.41) is 2.76. The third-order valence-electron chi connectivity index (χ3n) is 3.56. The molecule has 6 heteroatoms. The van der Waals surface area contributed by atoms with Crippen LogP contribution in [0.4, 0.5) is 0 Å². The predicted molar refractivity (Wildman–Crippen MR) is 65.7 cm³/mol. The van der Waals surface area contributed by atoms with Gasteiger partial charge in [0, 0.05) is 32.1 Å². The van der Waals surface area contributed by atoms with Gasteiger partial charge in [0.2, 0.25) is 11.8 Å². The molecule has 102 valence electrons. The summed E-state index contributed by atoms with van der Waals surface area (Å²) in [5.74, 6) is -0.249. The van der Waals surface area contributed by atoms with E-state index >= 15 is 0 Å². The van der Waals surface area contributed by atoms with Crippen LogP contribution in [0, 0.1) is 5.92 Å². The summed E-state index contributed by atoms with van der Waals surface area (Å²) in [6, 6.07) is -0.223. The highest BCUT2D eigenvalue weighted by Gasteiger charge is 2.31. The standard InChI is InChI=1S/C12H21N3O3/c13-10-8-18-7-9(10)12(17)14-4-3-11(16)15-5-1-2-6-15/h9-10H,1-8,13H2,(H,14,17). The van der Waals surface area contributed by atoms with Crippen LogP contribution in [0.2, 0.25) is 0 Å². The molecule has 2 amide bonds. The highest BCUT2D eigenvalue weighted by Crippen LogP contribution is 2.12. The number of amides is 2. The number of carbonyl (C=O) groups excluding carboxylic acids is 2. The fourth-order valence-electron chi connectivity index (χ4n) is 2.39. The number of nitrogens with two attached hydrogens (primary N) is 1. The maximum absolute atomic E-state index is 11.8. The van der Waals surface area contributed by atoms with E-state index in [1.807, 2.05) is 4.90 Å². The van der Waals surface area contributed by atoms with Crippen LogP contribution in [0.1, 0.15) is 19.3 Å². The molecule has 2 atom stereocenters. The van der Waals surface area contributed by atoms with Gasteiger partial charge in [-0.3, -0.25) is 9.59 Å². The molecular weight excluding hydrogens is 234 g/mol. The normalized spacial score (nSPS) is 27.5. The van der Waals surface area contributed by atoms with Crippen molar-refractivity contribution in [1.29, 1.82) is 0 Å². The summed E-state index contributed by atoms with van der Waals surface area (Å²) >= 11 is 0. The quantitative estimate of drug-likeness (QED) is 0.681. The lowest BCUT2D eigenvalue weighted by Gasteiger charge is -2.16. The zero-order chi connectivity index (χ0) is 13.0. The van der Waals surface area contributed by atoms with Gasteiger partial charge in [-0.15, -0.1) is 0 Å². The first-order chi connectivity index (χ1) is 8.68. The molecule has 0 aromatic carbocycles. The second kappa shape index (κ2) is 6.15. The van der Waals surface area contributed by atoms with Gasteiger partial charge in [-0.05, 0) is 12.8 Å². The van der Waals surface area contributed by atoms with E-state index in [1.165, 1.54) is 0 Å². The van der Waals surface area contributed by atoms with Crippen molar-refractivity contribution in [2.75, 3.05) is 32.8 Å². The van der Waals surface area contributed by atoms with Crippen LogP contribution in [0.3, 0.4) is 0 Å². The molecule has 0 radical (unpaired) electrons. The smallest absolute Gasteiger partial charge is 0.227 e. The van der Waals surface area contributed by atoms with Gasteiger partial charge in [0.25, 0.3) is 0 Å². The molecule has 2 unspecified atom stereocenters. The monoisotopic (exact) mass is 255 g/mol. The van der Waals surface area contributed by atoms with E-state index in [0.717, 1.165) is 25.9 Å². The van der Waals surface area contributed by atoms with Crippen molar-refractivity contribution in [2.45, 2.75) is 25.3 Å². The number of hydrogen-bond donors (Lipinski definition) is 2. The van der Waals surface area contributed by atoms with Crippen molar-refractivity contribution < 1.29 is 14.3 Å². The van der Waals surface area contributed by atoms with Crippen LogP contribution in [-0.2, 0) is 14.3 Å². The van der Waals surface area contributed by atoms with E-state index in [2.05, 4.69) is 5.32 Å². The van der Waals surface area contributed by atoms with Gasteiger partial charge in [0.05, 0.1) is 19.1 Å². The summed E-state index contributed by atoms with van der Waals surface area (Å²) in [4.78, 5) is 25.4. The van der Waals surface area contributed by atoms with Gasteiger partial charge in [0.15, 0.2) is 0 Å². The topological polar surface area (TPSA) is 84.7 Å². The Hall–Kier alpha value is -1.14. The summed E-state index contributed by atoms with van der Waals surface area (Å²) in [6.07, 6.45) is 2.55. The van der Waals surface area contributed by atoms with Crippen molar-refractivity contribution in [3.8, 4) is 0 Å². The fraction of sp³-hybridized carbons (Fsp3) is 0.833.